The lowest BCUT2D eigenvalue weighted by molar-refractivity contribution is 0.111. The summed E-state index contributed by atoms with van der Waals surface area (Å²) in [6.45, 7) is 0.723. The van der Waals surface area contributed by atoms with Crippen LogP contribution in [-0.4, -0.2) is 23.3 Å². The minimum absolute atomic E-state index is 0.235. The van der Waals surface area contributed by atoms with Crippen LogP contribution in [-0.2, 0) is 6.54 Å². The van der Waals surface area contributed by atoms with Gasteiger partial charge >= 0.3 is 0 Å². The Morgan fingerprint density at radius 1 is 1.24 bits per heavy atom. The highest BCUT2D eigenvalue weighted by molar-refractivity contribution is 5.77. The fraction of sp³-hybridized carbons (Fsp3) is 0.500. The highest BCUT2D eigenvalue weighted by atomic mass is 19.1. The lowest BCUT2D eigenvalue weighted by Crippen LogP contribution is -2.28. The van der Waals surface area contributed by atoms with Gasteiger partial charge in [0.2, 0.25) is 0 Å². The molecule has 17 heavy (non-hydrogen) atoms. The SMILES string of the molecule is O=Cc1c(F)cccc1CN1C2CCC1CC2. The van der Waals surface area contributed by atoms with Crippen molar-refractivity contribution in [3.63, 3.8) is 0 Å². The Labute approximate surface area is 100 Å². The third-order valence-electron chi connectivity index (χ3n) is 4.22. The Morgan fingerprint density at radius 3 is 2.47 bits per heavy atom. The molecule has 0 aliphatic carbocycles. The molecule has 1 aromatic carbocycles. The van der Waals surface area contributed by atoms with Gasteiger partial charge < -0.3 is 0 Å². The number of carbonyl (C=O) groups excluding carboxylic acids is 1. The minimum atomic E-state index is -0.399. The summed E-state index contributed by atoms with van der Waals surface area (Å²) in [6.07, 6.45) is 5.68. The van der Waals surface area contributed by atoms with Crippen LogP contribution in [0.15, 0.2) is 18.2 Å². The molecule has 0 unspecified atom stereocenters. The van der Waals surface area contributed by atoms with Crippen molar-refractivity contribution in [2.24, 2.45) is 0 Å². The Morgan fingerprint density at radius 2 is 1.88 bits per heavy atom. The molecule has 2 nitrogen and oxygen atoms in total. The van der Waals surface area contributed by atoms with E-state index in [0.29, 0.717) is 18.4 Å². The lowest BCUT2D eigenvalue weighted by Gasteiger charge is -2.22. The maximum absolute atomic E-state index is 13.5. The van der Waals surface area contributed by atoms with Gasteiger partial charge in [0, 0.05) is 18.6 Å². The van der Waals surface area contributed by atoms with Gasteiger partial charge in [0.05, 0.1) is 5.56 Å². The van der Waals surface area contributed by atoms with Gasteiger partial charge in [-0.1, -0.05) is 12.1 Å². The monoisotopic (exact) mass is 233 g/mol. The highest BCUT2D eigenvalue weighted by Crippen LogP contribution is 2.38. The normalized spacial score (nSPS) is 27.6. The van der Waals surface area contributed by atoms with Crippen molar-refractivity contribution >= 4 is 6.29 Å². The van der Waals surface area contributed by atoms with Gasteiger partial charge in [0.15, 0.2) is 6.29 Å². The number of nitrogens with zero attached hydrogens (tertiary/aromatic N) is 1. The second kappa shape index (κ2) is 4.22. The number of rotatable bonds is 3. The van der Waals surface area contributed by atoms with E-state index in [-0.39, 0.29) is 5.56 Å². The molecule has 2 fully saturated rings. The van der Waals surface area contributed by atoms with Crippen LogP contribution in [0.1, 0.15) is 41.6 Å². The molecule has 2 saturated heterocycles. The lowest BCUT2D eigenvalue weighted by atomic mass is 10.0. The first-order valence-corrected chi connectivity index (χ1v) is 6.28. The van der Waals surface area contributed by atoms with Gasteiger partial charge in [0.25, 0.3) is 0 Å². The molecule has 2 heterocycles. The van der Waals surface area contributed by atoms with Crippen molar-refractivity contribution in [1.29, 1.82) is 0 Å². The second-order valence-corrected chi connectivity index (χ2v) is 5.07. The van der Waals surface area contributed by atoms with Crippen molar-refractivity contribution in [1.82, 2.24) is 4.90 Å². The predicted octanol–water partition coefficient (Wildman–Crippen LogP) is 2.77. The van der Waals surface area contributed by atoms with E-state index in [2.05, 4.69) is 4.90 Å². The van der Waals surface area contributed by atoms with Crippen LogP contribution >= 0.6 is 0 Å². The average Bonchev–Trinajstić information content (AvgIpc) is 2.89. The number of hydrogen-bond donors (Lipinski definition) is 0. The summed E-state index contributed by atoms with van der Waals surface area (Å²) in [5, 5.41) is 0. The van der Waals surface area contributed by atoms with Gasteiger partial charge in [-0.2, -0.15) is 0 Å². The first kappa shape index (κ1) is 10.9. The molecule has 2 aliphatic heterocycles. The summed E-state index contributed by atoms with van der Waals surface area (Å²) in [6, 6.07) is 6.22. The summed E-state index contributed by atoms with van der Waals surface area (Å²) in [4.78, 5) is 13.4. The first-order valence-electron chi connectivity index (χ1n) is 6.28. The van der Waals surface area contributed by atoms with Gasteiger partial charge in [-0.15, -0.1) is 0 Å². The van der Waals surface area contributed by atoms with E-state index in [1.807, 2.05) is 6.07 Å². The number of fused-ring (bicyclic) bond motifs is 2. The molecule has 2 aliphatic rings. The highest BCUT2D eigenvalue weighted by Gasteiger charge is 2.39. The molecule has 0 N–H and O–H groups in total. The van der Waals surface area contributed by atoms with Gasteiger partial charge in [-0.3, -0.25) is 9.69 Å². The molecule has 3 rings (SSSR count). The van der Waals surface area contributed by atoms with E-state index < -0.39 is 5.82 Å². The van der Waals surface area contributed by atoms with Crippen LogP contribution < -0.4 is 0 Å². The number of hydrogen-bond acceptors (Lipinski definition) is 2. The van der Waals surface area contributed by atoms with E-state index in [0.717, 1.165) is 12.1 Å². The Hall–Kier alpha value is -1.22. The summed E-state index contributed by atoms with van der Waals surface area (Å²) in [7, 11) is 0. The maximum atomic E-state index is 13.5. The fourth-order valence-corrected chi connectivity index (χ4v) is 3.33. The molecular weight excluding hydrogens is 217 g/mol. The van der Waals surface area contributed by atoms with Gasteiger partial charge in [-0.05, 0) is 37.3 Å². The van der Waals surface area contributed by atoms with Gasteiger partial charge in [0.1, 0.15) is 5.82 Å². The molecular formula is C14H16FNO. The molecule has 0 saturated carbocycles. The molecule has 0 amide bonds. The smallest absolute Gasteiger partial charge is 0.153 e. The third kappa shape index (κ3) is 1.78. The van der Waals surface area contributed by atoms with Crippen molar-refractivity contribution in [2.75, 3.05) is 0 Å². The number of carbonyl (C=O) groups is 1. The maximum Gasteiger partial charge on any atom is 0.153 e. The Kier molecular flexibility index (Phi) is 2.71. The van der Waals surface area contributed by atoms with E-state index in [9.17, 15) is 9.18 Å². The molecule has 1 aromatic rings. The van der Waals surface area contributed by atoms with Crippen LogP contribution in [0.2, 0.25) is 0 Å². The van der Waals surface area contributed by atoms with Crippen LogP contribution in [0.25, 0.3) is 0 Å². The van der Waals surface area contributed by atoms with E-state index in [1.54, 1.807) is 6.07 Å². The Bertz CT molecular complexity index is 426. The summed E-state index contributed by atoms with van der Waals surface area (Å²) in [5.74, 6) is -0.399. The van der Waals surface area contributed by atoms with Crippen LogP contribution in [0.3, 0.4) is 0 Å². The number of aldehydes is 1. The second-order valence-electron chi connectivity index (χ2n) is 5.07. The molecule has 90 valence electrons. The van der Waals surface area contributed by atoms with E-state index in [1.165, 1.54) is 31.7 Å². The molecule has 3 heteroatoms. The van der Waals surface area contributed by atoms with Crippen LogP contribution in [0, 0.1) is 5.82 Å². The molecule has 2 bridgehead atoms. The minimum Gasteiger partial charge on any atom is -0.298 e. The van der Waals surface area contributed by atoms with Crippen LogP contribution in [0.5, 0.6) is 0 Å². The topological polar surface area (TPSA) is 20.3 Å². The fourth-order valence-electron chi connectivity index (χ4n) is 3.33. The molecule has 0 spiro atoms. The van der Waals surface area contributed by atoms with Crippen molar-refractivity contribution in [3.05, 3.63) is 35.1 Å². The molecule has 0 aromatic heterocycles. The van der Waals surface area contributed by atoms with Crippen molar-refractivity contribution in [2.45, 2.75) is 44.3 Å². The van der Waals surface area contributed by atoms with Crippen molar-refractivity contribution < 1.29 is 9.18 Å². The summed E-state index contributed by atoms with van der Waals surface area (Å²) < 4.78 is 13.5. The third-order valence-corrected chi connectivity index (χ3v) is 4.22. The average molecular weight is 233 g/mol. The zero-order valence-electron chi connectivity index (χ0n) is 9.73. The zero-order valence-corrected chi connectivity index (χ0v) is 9.73. The summed E-state index contributed by atoms with van der Waals surface area (Å²) in [5.41, 5.74) is 1.07. The molecule has 0 radical (unpaired) electrons. The van der Waals surface area contributed by atoms with E-state index >= 15 is 0 Å². The summed E-state index contributed by atoms with van der Waals surface area (Å²) >= 11 is 0. The van der Waals surface area contributed by atoms with Gasteiger partial charge in [-0.25, -0.2) is 4.39 Å². The number of halogens is 1. The van der Waals surface area contributed by atoms with Crippen LogP contribution in [0.4, 0.5) is 4.39 Å². The zero-order chi connectivity index (χ0) is 11.8. The predicted molar refractivity (Wildman–Crippen MR) is 63.4 cm³/mol. The standard InChI is InChI=1S/C14H16FNO/c15-14-3-1-2-10(13(14)9-17)8-16-11-4-5-12(16)7-6-11/h1-3,9,11-12H,4-8H2. The first-order chi connectivity index (χ1) is 8.29. The number of benzene rings is 1. The quantitative estimate of drug-likeness (QED) is 0.748. The molecule has 0 atom stereocenters. The largest absolute Gasteiger partial charge is 0.298 e. The van der Waals surface area contributed by atoms with Crippen molar-refractivity contribution in [3.8, 4) is 0 Å². The van der Waals surface area contributed by atoms with E-state index in [4.69, 9.17) is 0 Å². The Balaban J connectivity index is 1.86.